The van der Waals surface area contributed by atoms with Gasteiger partial charge in [0.05, 0.1) is 16.8 Å². The van der Waals surface area contributed by atoms with E-state index in [0.29, 0.717) is 22.3 Å². The molecule has 0 saturated carbocycles. The Balaban J connectivity index is 1.57. The lowest BCUT2D eigenvalue weighted by molar-refractivity contribution is -0.129. The van der Waals surface area contributed by atoms with E-state index >= 15 is 0 Å². The van der Waals surface area contributed by atoms with Crippen LogP contribution in [-0.4, -0.2) is 33.2 Å². The molecule has 1 aromatic heterocycles. The fourth-order valence-electron chi connectivity index (χ4n) is 2.53. The van der Waals surface area contributed by atoms with Gasteiger partial charge in [0, 0.05) is 18.4 Å². The van der Waals surface area contributed by atoms with E-state index in [0.717, 1.165) is 5.75 Å². The van der Waals surface area contributed by atoms with E-state index in [1.165, 1.54) is 5.56 Å². The van der Waals surface area contributed by atoms with Crippen LogP contribution in [0.15, 0.2) is 59.1 Å². The van der Waals surface area contributed by atoms with Crippen molar-refractivity contribution >= 4 is 29.3 Å². The van der Waals surface area contributed by atoms with Crippen molar-refractivity contribution < 1.29 is 9.32 Å². The maximum atomic E-state index is 12.6. The zero-order valence-corrected chi connectivity index (χ0v) is 16.7. The van der Waals surface area contributed by atoms with Gasteiger partial charge >= 0.3 is 0 Å². The normalized spacial score (nSPS) is 12.0. The molecule has 140 valence electrons. The predicted molar refractivity (Wildman–Crippen MR) is 108 cm³/mol. The predicted octanol–water partition coefficient (Wildman–Crippen LogP) is 4.67. The SMILES string of the molecule is CC(SCc1ccccc1)C(=O)N(C)Cc1nc(-c2ccccc2Cl)no1. The van der Waals surface area contributed by atoms with E-state index in [4.69, 9.17) is 16.1 Å². The summed E-state index contributed by atoms with van der Waals surface area (Å²) in [6, 6.07) is 17.4. The number of benzene rings is 2. The van der Waals surface area contributed by atoms with Crippen molar-refractivity contribution in [3.05, 3.63) is 71.1 Å². The molecule has 0 fully saturated rings. The first-order valence-corrected chi connectivity index (χ1v) is 9.95. The summed E-state index contributed by atoms with van der Waals surface area (Å²) in [6.07, 6.45) is 0. The van der Waals surface area contributed by atoms with Crippen molar-refractivity contribution in [2.45, 2.75) is 24.5 Å². The number of carbonyl (C=O) groups excluding carboxylic acids is 1. The van der Waals surface area contributed by atoms with Crippen LogP contribution in [0.25, 0.3) is 11.4 Å². The number of nitrogens with zero attached hydrogens (tertiary/aromatic N) is 3. The van der Waals surface area contributed by atoms with Gasteiger partial charge in [0.2, 0.25) is 17.6 Å². The third-order valence-corrected chi connectivity index (χ3v) is 5.55. The molecule has 1 atom stereocenters. The lowest BCUT2D eigenvalue weighted by Gasteiger charge is -2.19. The van der Waals surface area contributed by atoms with E-state index in [2.05, 4.69) is 22.3 Å². The number of carbonyl (C=O) groups is 1. The second-order valence-corrected chi connectivity index (χ2v) is 7.86. The molecule has 27 heavy (non-hydrogen) atoms. The van der Waals surface area contributed by atoms with Crippen LogP contribution in [0, 0.1) is 0 Å². The van der Waals surface area contributed by atoms with E-state index in [1.807, 2.05) is 43.3 Å². The third-order valence-electron chi connectivity index (χ3n) is 4.02. The molecular formula is C20H20ClN3O2S. The molecule has 0 spiro atoms. The van der Waals surface area contributed by atoms with Gasteiger partial charge in [-0.15, -0.1) is 11.8 Å². The molecule has 2 aromatic carbocycles. The summed E-state index contributed by atoms with van der Waals surface area (Å²) < 4.78 is 5.28. The molecule has 3 aromatic rings. The van der Waals surface area contributed by atoms with Gasteiger partial charge in [-0.05, 0) is 24.6 Å². The number of hydrogen-bond acceptors (Lipinski definition) is 5. The van der Waals surface area contributed by atoms with Crippen molar-refractivity contribution in [3.63, 3.8) is 0 Å². The zero-order chi connectivity index (χ0) is 19.2. The summed E-state index contributed by atoms with van der Waals surface area (Å²) in [5, 5.41) is 4.36. The topological polar surface area (TPSA) is 59.2 Å². The van der Waals surface area contributed by atoms with Gasteiger partial charge < -0.3 is 9.42 Å². The van der Waals surface area contributed by atoms with E-state index < -0.39 is 0 Å². The Bertz CT molecular complexity index is 901. The molecule has 1 amide bonds. The molecule has 5 nitrogen and oxygen atoms in total. The van der Waals surface area contributed by atoms with E-state index in [-0.39, 0.29) is 17.7 Å². The van der Waals surface area contributed by atoms with E-state index in [1.54, 1.807) is 29.8 Å². The molecule has 1 unspecified atom stereocenters. The molecule has 0 bridgehead atoms. The lowest BCUT2D eigenvalue weighted by Crippen LogP contribution is -2.33. The first kappa shape index (κ1) is 19.5. The number of aromatic nitrogens is 2. The van der Waals surface area contributed by atoms with Crippen molar-refractivity contribution in [1.82, 2.24) is 15.0 Å². The standard InChI is InChI=1S/C20H20ClN3O2S/c1-14(27-13-15-8-4-3-5-9-15)20(25)24(2)12-18-22-19(23-26-18)16-10-6-7-11-17(16)21/h3-11,14H,12-13H2,1-2H3. The smallest absolute Gasteiger partial charge is 0.246 e. The molecule has 0 aliphatic heterocycles. The molecule has 0 radical (unpaired) electrons. The second-order valence-electron chi connectivity index (χ2n) is 6.12. The Morgan fingerprint density at radius 1 is 1.19 bits per heavy atom. The summed E-state index contributed by atoms with van der Waals surface area (Å²) >= 11 is 7.77. The van der Waals surface area contributed by atoms with Crippen molar-refractivity contribution in [2.24, 2.45) is 0 Å². The van der Waals surface area contributed by atoms with Gasteiger partial charge in [-0.25, -0.2) is 0 Å². The zero-order valence-electron chi connectivity index (χ0n) is 15.1. The van der Waals surface area contributed by atoms with Gasteiger partial charge in [-0.3, -0.25) is 4.79 Å². The molecule has 7 heteroatoms. The quantitative estimate of drug-likeness (QED) is 0.575. The molecule has 3 rings (SSSR count). The van der Waals surface area contributed by atoms with Crippen LogP contribution in [-0.2, 0) is 17.1 Å². The van der Waals surface area contributed by atoms with Crippen LogP contribution in [0.2, 0.25) is 5.02 Å². The summed E-state index contributed by atoms with van der Waals surface area (Å²) in [5.41, 5.74) is 1.90. The fourth-order valence-corrected chi connectivity index (χ4v) is 3.71. The minimum atomic E-state index is -0.166. The highest BCUT2D eigenvalue weighted by Crippen LogP contribution is 2.25. The Morgan fingerprint density at radius 3 is 2.63 bits per heavy atom. The Labute approximate surface area is 167 Å². The largest absolute Gasteiger partial charge is 0.337 e. The average Bonchev–Trinajstić information content (AvgIpc) is 3.14. The van der Waals surface area contributed by atoms with Gasteiger partial charge in [0.15, 0.2) is 0 Å². The van der Waals surface area contributed by atoms with Crippen molar-refractivity contribution in [3.8, 4) is 11.4 Å². The first-order chi connectivity index (χ1) is 13.0. The summed E-state index contributed by atoms with van der Waals surface area (Å²) in [6.45, 7) is 2.17. The Hall–Kier alpha value is -2.31. The second kappa shape index (κ2) is 9.06. The summed E-state index contributed by atoms with van der Waals surface area (Å²) in [7, 11) is 1.74. The fraction of sp³-hybridized carbons (Fsp3) is 0.250. The maximum absolute atomic E-state index is 12.6. The number of rotatable bonds is 7. The van der Waals surface area contributed by atoms with Crippen LogP contribution in [0.4, 0.5) is 0 Å². The highest BCUT2D eigenvalue weighted by molar-refractivity contribution is 7.99. The van der Waals surface area contributed by atoms with Crippen LogP contribution in [0.5, 0.6) is 0 Å². The lowest BCUT2D eigenvalue weighted by atomic mass is 10.2. The Morgan fingerprint density at radius 2 is 1.89 bits per heavy atom. The highest BCUT2D eigenvalue weighted by atomic mass is 35.5. The van der Waals surface area contributed by atoms with Crippen LogP contribution < -0.4 is 0 Å². The molecule has 1 heterocycles. The summed E-state index contributed by atoms with van der Waals surface area (Å²) in [5.74, 6) is 1.61. The van der Waals surface area contributed by atoms with Crippen LogP contribution >= 0.6 is 23.4 Å². The number of thioether (sulfide) groups is 1. The number of hydrogen-bond donors (Lipinski definition) is 0. The molecular weight excluding hydrogens is 382 g/mol. The highest BCUT2D eigenvalue weighted by Gasteiger charge is 2.20. The number of halogens is 1. The van der Waals surface area contributed by atoms with Gasteiger partial charge in [0.25, 0.3) is 0 Å². The number of amides is 1. The molecule has 0 N–H and O–H groups in total. The van der Waals surface area contributed by atoms with Gasteiger partial charge in [-0.2, -0.15) is 4.98 Å². The summed E-state index contributed by atoms with van der Waals surface area (Å²) in [4.78, 5) is 18.6. The maximum Gasteiger partial charge on any atom is 0.246 e. The van der Waals surface area contributed by atoms with Crippen molar-refractivity contribution in [1.29, 1.82) is 0 Å². The Kier molecular flexibility index (Phi) is 6.53. The molecule has 0 aliphatic carbocycles. The minimum Gasteiger partial charge on any atom is -0.337 e. The molecule has 0 saturated heterocycles. The van der Waals surface area contributed by atoms with E-state index in [9.17, 15) is 4.79 Å². The van der Waals surface area contributed by atoms with Crippen molar-refractivity contribution in [2.75, 3.05) is 7.05 Å². The van der Waals surface area contributed by atoms with Gasteiger partial charge in [-0.1, -0.05) is 59.2 Å². The van der Waals surface area contributed by atoms with Crippen LogP contribution in [0.1, 0.15) is 18.4 Å². The van der Waals surface area contributed by atoms with Crippen LogP contribution in [0.3, 0.4) is 0 Å². The monoisotopic (exact) mass is 401 g/mol. The third kappa shape index (κ3) is 5.11. The molecule has 0 aliphatic rings. The van der Waals surface area contributed by atoms with Gasteiger partial charge in [0.1, 0.15) is 0 Å². The average molecular weight is 402 g/mol. The minimum absolute atomic E-state index is 0.0217. The first-order valence-electron chi connectivity index (χ1n) is 8.52.